The third-order valence-electron chi connectivity index (χ3n) is 3.50. The van der Waals surface area contributed by atoms with Gasteiger partial charge in [-0.2, -0.15) is 0 Å². The number of aliphatic hydroxyl groups is 1. The predicted octanol–water partition coefficient (Wildman–Crippen LogP) is 4.09. The summed E-state index contributed by atoms with van der Waals surface area (Å²) in [5.74, 6) is 0.110. The topological polar surface area (TPSA) is 20.2 Å². The van der Waals surface area contributed by atoms with Crippen LogP contribution in [0.25, 0.3) is 0 Å². The molecule has 0 radical (unpaired) electrons. The van der Waals surface area contributed by atoms with E-state index in [1.54, 1.807) is 0 Å². The second-order valence-corrected chi connectivity index (χ2v) is 4.74. The Morgan fingerprint density at radius 2 is 1.61 bits per heavy atom. The monoisotopic (exact) mass is 240 g/mol. The summed E-state index contributed by atoms with van der Waals surface area (Å²) in [5.41, 5.74) is 3.45. The highest BCUT2D eigenvalue weighted by Crippen LogP contribution is 2.30. The van der Waals surface area contributed by atoms with Crippen LogP contribution in [0.5, 0.6) is 0 Å². The molecule has 0 saturated heterocycles. The maximum atomic E-state index is 10.5. The minimum absolute atomic E-state index is 0.110. The lowest BCUT2D eigenvalue weighted by atomic mass is 9.90. The van der Waals surface area contributed by atoms with Gasteiger partial charge in [-0.05, 0) is 23.1 Å². The van der Waals surface area contributed by atoms with E-state index in [9.17, 15) is 5.11 Å². The Bertz CT molecular complexity index is 490. The molecule has 0 aliphatic heterocycles. The van der Waals surface area contributed by atoms with Crippen LogP contribution in [0.3, 0.4) is 0 Å². The molecule has 0 saturated carbocycles. The molecular formula is C17H20O. The predicted molar refractivity (Wildman–Crippen MR) is 75.6 cm³/mol. The molecule has 2 aromatic rings. The second-order valence-electron chi connectivity index (χ2n) is 4.74. The first-order chi connectivity index (χ1) is 8.72. The van der Waals surface area contributed by atoms with Crippen LogP contribution in [-0.2, 0) is 6.42 Å². The molecule has 0 aromatic heterocycles. The molecule has 0 amide bonds. The molecule has 0 bridgehead atoms. The molecule has 0 aliphatic rings. The summed E-state index contributed by atoms with van der Waals surface area (Å²) in [4.78, 5) is 0. The molecule has 2 aromatic carbocycles. The molecule has 0 fully saturated rings. The average molecular weight is 240 g/mol. The van der Waals surface area contributed by atoms with Gasteiger partial charge >= 0.3 is 0 Å². The molecule has 1 nitrogen and oxygen atoms in total. The van der Waals surface area contributed by atoms with Crippen molar-refractivity contribution in [1.82, 2.24) is 0 Å². The van der Waals surface area contributed by atoms with Crippen molar-refractivity contribution in [2.75, 3.05) is 0 Å². The van der Waals surface area contributed by atoms with Crippen LogP contribution in [0.1, 0.15) is 42.6 Å². The van der Waals surface area contributed by atoms with E-state index in [0.717, 1.165) is 12.0 Å². The Morgan fingerprint density at radius 1 is 0.944 bits per heavy atom. The molecule has 94 valence electrons. The fourth-order valence-corrected chi connectivity index (χ4v) is 2.22. The lowest BCUT2D eigenvalue weighted by molar-refractivity contribution is 0.151. The van der Waals surface area contributed by atoms with E-state index in [1.165, 1.54) is 11.1 Å². The van der Waals surface area contributed by atoms with E-state index in [2.05, 4.69) is 38.1 Å². The van der Waals surface area contributed by atoms with E-state index >= 15 is 0 Å². The first kappa shape index (κ1) is 12.8. The van der Waals surface area contributed by atoms with Crippen LogP contribution in [0.4, 0.5) is 0 Å². The van der Waals surface area contributed by atoms with Crippen LogP contribution in [0.15, 0.2) is 54.6 Å². The first-order valence-electron chi connectivity index (χ1n) is 6.54. The summed E-state index contributed by atoms with van der Waals surface area (Å²) >= 11 is 0. The summed E-state index contributed by atoms with van der Waals surface area (Å²) in [6.07, 6.45) is 0.555. The van der Waals surface area contributed by atoms with E-state index in [4.69, 9.17) is 0 Å². The molecule has 18 heavy (non-hydrogen) atoms. The zero-order valence-corrected chi connectivity index (χ0v) is 11.0. The quantitative estimate of drug-likeness (QED) is 0.853. The first-order valence-corrected chi connectivity index (χ1v) is 6.54. The highest BCUT2D eigenvalue weighted by atomic mass is 16.3. The van der Waals surface area contributed by atoms with Gasteiger partial charge in [0.15, 0.2) is 0 Å². The minimum Gasteiger partial charge on any atom is -0.388 e. The standard InChI is InChI=1S/C17H20O/c1-3-14-8-7-11-16(12-14)17(18)13(2)15-9-5-4-6-10-15/h4-13,17-18H,3H2,1-2H3. The van der Waals surface area contributed by atoms with E-state index in [0.29, 0.717) is 0 Å². The smallest absolute Gasteiger partial charge is 0.0855 e. The van der Waals surface area contributed by atoms with Crippen molar-refractivity contribution in [3.63, 3.8) is 0 Å². The van der Waals surface area contributed by atoms with Crippen LogP contribution in [-0.4, -0.2) is 5.11 Å². The molecule has 0 spiro atoms. The van der Waals surface area contributed by atoms with Crippen LogP contribution in [0.2, 0.25) is 0 Å². The molecule has 0 aliphatic carbocycles. The van der Waals surface area contributed by atoms with Gasteiger partial charge in [-0.1, -0.05) is 68.4 Å². The van der Waals surface area contributed by atoms with Crippen molar-refractivity contribution in [3.8, 4) is 0 Å². The molecular weight excluding hydrogens is 220 g/mol. The fraction of sp³-hybridized carbons (Fsp3) is 0.294. The molecule has 2 unspecified atom stereocenters. The Labute approximate surface area is 109 Å². The summed E-state index contributed by atoms with van der Waals surface area (Å²) in [5, 5.41) is 10.5. The third kappa shape index (κ3) is 2.80. The number of hydrogen-bond donors (Lipinski definition) is 1. The maximum absolute atomic E-state index is 10.5. The van der Waals surface area contributed by atoms with Gasteiger partial charge in [-0.25, -0.2) is 0 Å². The van der Waals surface area contributed by atoms with Gasteiger partial charge in [0.25, 0.3) is 0 Å². The number of benzene rings is 2. The molecule has 2 rings (SSSR count). The SMILES string of the molecule is CCc1cccc(C(O)C(C)c2ccccc2)c1. The summed E-state index contributed by atoms with van der Waals surface area (Å²) in [6, 6.07) is 18.4. The minimum atomic E-state index is -0.445. The fourth-order valence-electron chi connectivity index (χ4n) is 2.22. The maximum Gasteiger partial charge on any atom is 0.0855 e. The largest absolute Gasteiger partial charge is 0.388 e. The van der Waals surface area contributed by atoms with Gasteiger partial charge in [0, 0.05) is 5.92 Å². The molecule has 2 atom stereocenters. The molecule has 0 heterocycles. The van der Waals surface area contributed by atoms with Gasteiger partial charge in [-0.3, -0.25) is 0 Å². The van der Waals surface area contributed by atoms with Crippen molar-refractivity contribution in [2.45, 2.75) is 32.3 Å². The van der Waals surface area contributed by atoms with Crippen molar-refractivity contribution in [3.05, 3.63) is 71.3 Å². The van der Waals surface area contributed by atoms with Gasteiger partial charge in [-0.15, -0.1) is 0 Å². The lowest BCUT2D eigenvalue weighted by Crippen LogP contribution is -2.07. The summed E-state index contributed by atoms with van der Waals surface area (Å²) in [6.45, 7) is 4.20. The Hall–Kier alpha value is -1.60. The number of hydrogen-bond acceptors (Lipinski definition) is 1. The normalized spacial score (nSPS) is 14.2. The number of rotatable bonds is 4. The van der Waals surface area contributed by atoms with Crippen LogP contribution in [0, 0.1) is 0 Å². The van der Waals surface area contributed by atoms with Gasteiger partial charge in [0.05, 0.1) is 6.10 Å². The number of aliphatic hydroxyl groups excluding tert-OH is 1. The third-order valence-corrected chi connectivity index (χ3v) is 3.50. The zero-order valence-electron chi connectivity index (χ0n) is 11.0. The number of aryl methyl sites for hydroxylation is 1. The Morgan fingerprint density at radius 3 is 2.28 bits per heavy atom. The lowest BCUT2D eigenvalue weighted by Gasteiger charge is -2.20. The summed E-state index contributed by atoms with van der Waals surface area (Å²) < 4.78 is 0. The average Bonchev–Trinajstić information content (AvgIpc) is 2.46. The highest BCUT2D eigenvalue weighted by molar-refractivity contribution is 5.29. The molecule has 1 heteroatoms. The van der Waals surface area contributed by atoms with Crippen LogP contribution >= 0.6 is 0 Å². The second kappa shape index (κ2) is 5.83. The zero-order chi connectivity index (χ0) is 13.0. The van der Waals surface area contributed by atoms with Crippen molar-refractivity contribution < 1.29 is 5.11 Å². The highest BCUT2D eigenvalue weighted by Gasteiger charge is 2.17. The van der Waals surface area contributed by atoms with Crippen molar-refractivity contribution in [1.29, 1.82) is 0 Å². The Balaban J connectivity index is 2.22. The van der Waals surface area contributed by atoms with Crippen molar-refractivity contribution >= 4 is 0 Å². The van der Waals surface area contributed by atoms with E-state index in [-0.39, 0.29) is 5.92 Å². The van der Waals surface area contributed by atoms with E-state index < -0.39 is 6.10 Å². The van der Waals surface area contributed by atoms with Crippen LogP contribution < -0.4 is 0 Å². The molecule has 1 N–H and O–H groups in total. The van der Waals surface area contributed by atoms with Gasteiger partial charge in [0.1, 0.15) is 0 Å². The summed E-state index contributed by atoms with van der Waals surface area (Å²) in [7, 11) is 0. The van der Waals surface area contributed by atoms with Gasteiger partial charge in [0.2, 0.25) is 0 Å². The van der Waals surface area contributed by atoms with E-state index in [1.807, 2.05) is 30.3 Å². The van der Waals surface area contributed by atoms with Gasteiger partial charge < -0.3 is 5.11 Å². The van der Waals surface area contributed by atoms with Crippen molar-refractivity contribution in [2.24, 2.45) is 0 Å². The Kier molecular flexibility index (Phi) is 4.16.